The van der Waals surface area contributed by atoms with Gasteiger partial charge in [0.05, 0.1) is 24.1 Å². The molecule has 192 valence electrons. The lowest BCUT2D eigenvalue weighted by Crippen LogP contribution is -2.19. The number of aryl methyl sites for hydroxylation is 1. The monoisotopic (exact) mass is 582 g/mol. The Bertz CT molecular complexity index is 1300. The number of benzene rings is 2. The van der Waals surface area contributed by atoms with Gasteiger partial charge in [-0.1, -0.05) is 0 Å². The zero-order chi connectivity index (χ0) is 26.8. The first-order valence-corrected chi connectivity index (χ1v) is 10.4. The van der Waals surface area contributed by atoms with Crippen molar-refractivity contribution in [3.63, 3.8) is 0 Å². The van der Waals surface area contributed by atoms with Crippen molar-refractivity contribution in [3.05, 3.63) is 69.7 Å². The molecule has 0 spiro atoms. The maximum atomic E-state index is 15.0. The number of halogens is 8. The van der Waals surface area contributed by atoms with Gasteiger partial charge in [0.2, 0.25) is 0 Å². The number of carbonyl (C=O) groups is 1. The van der Waals surface area contributed by atoms with Crippen LogP contribution in [-0.2, 0) is 6.18 Å². The van der Waals surface area contributed by atoms with Gasteiger partial charge < -0.3 is 19.5 Å². The molecule has 36 heavy (non-hydrogen) atoms. The van der Waals surface area contributed by atoms with Crippen LogP contribution in [0.3, 0.4) is 0 Å². The maximum absolute atomic E-state index is 15.0. The second kappa shape index (κ2) is 10.2. The average Bonchev–Trinajstić information content (AvgIpc) is 2.74. The smallest absolute Gasteiger partial charge is 0.493 e. The number of methoxy groups -OCH3 is 1. The van der Waals surface area contributed by atoms with Gasteiger partial charge in [-0.2, -0.15) is 13.2 Å². The molecule has 0 atom stereocenters. The molecular weight excluding hydrogens is 569 g/mol. The minimum Gasteiger partial charge on any atom is -0.493 e. The third-order valence-corrected chi connectivity index (χ3v) is 4.97. The SMILES string of the molecule is COc1cc(OC(F)(F)F)ccc1Oc1ccc(C(F)(F)F)c(F)c1C(=O)Nc1ccc(Br)nc1C. The normalized spacial score (nSPS) is 11.7. The quantitative estimate of drug-likeness (QED) is 0.245. The van der Waals surface area contributed by atoms with Crippen LogP contribution in [0.5, 0.6) is 23.0 Å². The lowest BCUT2D eigenvalue weighted by molar-refractivity contribution is -0.274. The first-order valence-electron chi connectivity index (χ1n) is 9.65. The Kier molecular flexibility index (Phi) is 7.67. The first kappa shape index (κ1) is 27.0. The van der Waals surface area contributed by atoms with E-state index in [9.17, 15) is 31.1 Å². The summed E-state index contributed by atoms with van der Waals surface area (Å²) in [5.41, 5.74) is -2.48. The highest BCUT2D eigenvalue weighted by atomic mass is 79.9. The summed E-state index contributed by atoms with van der Waals surface area (Å²) in [6.07, 6.45) is -10.1. The van der Waals surface area contributed by atoms with E-state index < -0.39 is 46.9 Å². The molecule has 1 heterocycles. The molecule has 1 N–H and O–H groups in total. The molecule has 1 aromatic heterocycles. The van der Waals surface area contributed by atoms with Crippen LogP contribution in [0.15, 0.2) is 47.1 Å². The van der Waals surface area contributed by atoms with Crippen molar-refractivity contribution in [2.24, 2.45) is 0 Å². The molecule has 0 radical (unpaired) electrons. The van der Waals surface area contributed by atoms with Crippen molar-refractivity contribution >= 4 is 27.5 Å². The van der Waals surface area contributed by atoms with E-state index in [1.54, 1.807) is 0 Å². The average molecular weight is 583 g/mol. The molecule has 14 heteroatoms. The molecule has 3 rings (SSSR count). The van der Waals surface area contributed by atoms with E-state index in [4.69, 9.17) is 9.47 Å². The standard InChI is InChI=1S/C22H14BrF7N2O4/c1-10-13(5-8-17(23)31-10)32-20(33)18-15(7-4-12(19(18)24)21(25,26)27)35-14-6-3-11(9-16(14)34-2)36-22(28,29)30/h3-9H,1-2H3,(H,32,33). The zero-order valence-electron chi connectivity index (χ0n) is 18.1. The molecule has 0 bridgehead atoms. The minimum absolute atomic E-state index is 0.0807. The van der Waals surface area contributed by atoms with Gasteiger partial charge in [0.15, 0.2) is 17.3 Å². The molecule has 0 aliphatic rings. The highest BCUT2D eigenvalue weighted by Gasteiger charge is 2.38. The van der Waals surface area contributed by atoms with Gasteiger partial charge in [0.1, 0.15) is 21.7 Å². The number of rotatable bonds is 6. The van der Waals surface area contributed by atoms with E-state index >= 15 is 4.39 Å². The molecule has 0 fully saturated rings. The Morgan fingerprint density at radius 3 is 2.22 bits per heavy atom. The molecule has 0 saturated carbocycles. The van der Waals surface area contributed by atoms with Gasteiger partial charge in [-0.15, -0.1) is 13.2 Å². The molecule has 3 aromatic rings. The number of nitrogens with one attached hydrogen (secondary N) is 1. The number of alkyl halides is 6. The van der Waals surface area contributed by atoms with Gasteiger partial charge in [-0.3, -0.25) is 4.79 Å². The fraction of sp³-hybridized carbons (Fsp3) is 0.182. The van der Waals surface area contributed by atoms with E-state index in [1.807, 2.05) is 0 Å². The predicted octanol–water partition coefficient (Wildman–Crippen LogP) is 7.26. The molecule has 0 aliphatic carbocycles. The third kappa shape index (κ3) is 6.36. The number of hydrogen-bond donors (Lipinski definition) is 1. The van der Waals surface area contributed by atoms with Crippen molar-refractivity contribution in [1.29, 1.82) is 0 Å². The number of aromatic nitrogens is 1. The Morgan fingerprint density at radius 2 is 1.64 bits per heavy atom. The lowest BCUT2D eigenvalue weighted by atomic mass is 10.1. The Balaban J connectivity index is 2.06. The summed E-state index contributed by atoms with van der Waals surface area (Å²) in [6, 6.07) is 6.47. The summed E-state index contributed by atoms with van der Waals surface area (Å²) >= 11 is 3.12. The van der Waals surface area contributed by atoms with Gasteiger partial charge in [-0.25, -0.2) is 9.37 Å². The number of nitrogens with zero attached hydrogens (tertiary/aromatic N) is 1. The lowest BCUT2D eigenvalue weighted by Gasteiger charge is -2.18. The summed E-state index contributed by atoms with van der Waals surface area (Å²) in [6.45, 7) is 1.50. The van der Waals surface area contributed by atoms with Crippen molar-refractivity contribution in [1.82, 2.24) is 4.98 Å². The fourth-order valence-electron chi connectivity index (χ4n) is 2.97. The van der Waals surface area contributed by atoms with Crippen LogP contribution in [-0.4, -0.2) is 24.4 Å². The van der Waals surface area contributed by atoms with Gasteiger partial charge in [0, 0.05) is 6.07 Å². The van der Waals surface area contributed by atoms with E-state index in [2.05, 4.69) is 31.0 Å². The van der Waals surface area contributed by atoms with E-state index in [-0.39, 0.29) is 22.9 Å². The van der Waals surface area contributed by atoms with Crippen molar-refractivity contribution in [2.75, 3.05) is 12.4 Å². The van der Waals surface area contributed by atoms with Gasteiger partial charge >= 0.3 is 12.5 Å². The van der Waals surface area contributed by atoms with Gasteiger partial charge in [0.25, 0.3) is 5.91 Å². The Hall–Kier alpha value is -3.55. The van der Waals surface area contributed by atoms with Crippen LogP contribution in [0.1, 0.15) is 21.6 Å². The fourth-order valence-corrected chi connectivity index (χ4v) is 3.37. The molecular formula is C22H14BrF7N2O4. The molecule has 0 aliphatic heterocycles. The summed E-state index contributed by atoms with van der Waals surface area (Å²) in [7, 11) is 1.07. The first-order chi connectivity index (χ1) is 16.7. The second-order valence-electron chi connectivity index (χ2n) is 6.98. The summed E-state index contributed by atoms with van der Waals surface area (Å²) in [4.78, 5) is 16.9. The highest BCUT2D eigenvalue weighted by Crippen LogP contribution is 2.41. The second-order valence-corrected chi connectivity index (χ2v) is 7.79. The predicted molar refractivity (Wildman–Crippen MR) is 116 cm³/mol. The van der Waals surface area contributed by atoms with Crippen LogP contribution in [0.25, 0.3) is 0 Å². The molecule has 2 aromatic carbocycles. The van der Waals surface area contributed by atoms with Crippen LogP contribution in [0, 0.1) is 12.7 Å². The molecule has 6 nitrogen and oxygen atoms in total. The van der Waals surface area contributed by atoms with Crippen molar-refractivity contribution in [3.8, 4) is 23.0 Å². The van der Waals surface area contributed by atoms with Crippen LogP contribution < -0.4 is 19.5 Å². The number of hydrogen-bond acceptors (Lipinski definition) is 5. The third-order valence-electron chi connectivity index (χ3n) is 4.52. The summed E-state index contributed by atoms with van der Waals surface area (Å²) in [5, 5.41) is 2.28. The number of amides is 1. The molecule has 0 unspecified atom stereocenters. The van der Waals surface area contributed by atoms with Crippen LogP contribution in [0.4, 0.5) is 36.4 Å². The molecule has 1 amide bonds. The van der Waals surface area contributed by atoms with Crippen LogP contribution >= 0.6 is 15.9 Å². The number of ether oxygens (including phenoxy) is 3. The minimum atomic E-state index is -5.14. The highest BCUT2D eigenvalue weighted by molar-refractivity contribution is 9.10. The summed E-state index contributed by atoms with van der Waals surface area (Å²) < 4.78 is 107. The van der Waals surface area contributed by atoms with Gasteiger partial charge in [-0.05, 0) is 59.3 Å². The van der Waals surface area contributed by atoms with E-state index in [1.165, 1.54) is 19.1 Å². The Morgan fingerprint density at radius 1 is 0.972 bits per heavy atom. The van der Waals surface area contributed by atoms with Crippen molar-refractivity contribution < 1.29 is 49.7 Å². The zero-order valence-corrected chi connectivity index (χ0v) is 19.7. The maximum Gasteiger partial charge on any atom is 0.573 e. The number of pyridine rings is 1. The summed E-state index contributed by atoms with van der Waals surface area (Å²) in [5.74, 6) is -5.23. The number of carbonyl (C=O) groups excluding carboxylic acids is 1. The van der Waals surface area contributed by atoms with Crippen molar-refractivity contribution in [2.45, 2.75) is 19.5 Å². The van der Waals surface area contributed by atoms with Crippen LogP contribution in [0.2, 0.25) is 0 Å². The number of anilines is 1. The largest absolute Gasteiger partial charge is 0.573 e. The molecule has 0 saturated heterocycles. The van der Waals surface area contributed by atoms with E-state index in [0.717, 1.165) is 25.3 Å². The Labute approximate surface area is 207 Å². The topological polar surface area (TPSA) is 69.7 Å². The van der Waals surface area contributed by atoms with E-state index in [0.29, 0.717) is 16.7 Å².